The van der Waals surface area contributed by atoms with Gasteiger partial charge in [0, 0.05) is 31.8 Å². The molecular formula is C13H18N2O5. The molecule has 1 atom stereocenters. The molecule has 0 bridgehead atoms. The van der Waals surface area contributed by atoms with Crippen molar-refractivity contribution in [3.63, 3.8) is 0 Å². The lowest BCUT2D eigenvalue weighted by atomic mass is 10.1. The van der Waals surface area contributed by atoms with Crippen molar-refractivity contribution in [2.75, 3.05) is 26.8 Å². The number of benzene rings is 1. The molecule has 0 radical (unpaired) electrons. The Hall–Kier alpha value is -1.99. The predicted octanol–water partition coefficient (Wildman–Crippen LogP) is 1.69. The maximum atomic E-state index is 10.9. The van der Waals surface area contributed by atoms with Crippen LogP contribution in [0.4, 0.5) is 5.69 Å². The van der Waals surface area contributed by atoms with Gasteiger partial charge < -0.3 is 9.84 Å². The first-order valence-corrected chi connectivity index (χ1v) is 6.15. The van der Waals surface area contributed by atoms with E-state index in [4.69, 9.17) is 9.84 Å². The summed E-state index contributed by atoms with van der Waals surface area (Å²) in [5, 5.41) is 19.7. The topological polar surface area (TPSA) is 92.9 Å². The average Bonchev–Trinajstić information content (AvgIpc) is 2.42. The molecule has 1 rings (SSSR count). The normalized spacial score (nSPS) is 12.3. The smallest absolute Gasteiger partial charge is 0.317 e. The number of carbonyl (C=O) groups is 1. The first-order valence-electron chi connectivity index (χ1n) is 6.15. The molecule has 0 aliphatic carbocycles. The molecule has 0 saturated heterocycles. The van der Waals surface area contributed by atoms with Crippen LogP contribution in [0.2, 0.25) is 0 Å². The predicted molar refractivity (Wildman–Crippen MR) is 72.6 cm³/mol. The highest BCUT2D eigenvalue weighted by atomic mass is 16.6. The molecule has 1 unspecified atom stereocenters. The highest BCUT2D eigenvalue weighted by molar-refractivity contribution is 5.69. The molecule has 20 heavy (non-hydrogen) atoms. The van der Waals surface area contributed by atoms with Crippen LogP contribution in [-0.2, 0) is 9.53 Å². The number of carboxylic acids is 1. The number of hydrogen-bond acceptors (Lipinski definition) is 5. The third kappa shape index (κ3) is 4.60. The molecular weight excluding hydrogens is 264 g/mol. The Bertz CT molecular complexity index is 478. The van der Waals surface area contributed by atoms with Crippen molar-refractivity contribution in [3.05, 3.63) is 39.9 Å². The van der Waals surface area contributed by atoms with Gasteiger partial charge in [0.05, 0.1) is 18.1 Å². The molecule has 7 nitrogen and oxygen atoms in total. The van der Waals surface area contributed by atoms with E-state index in [1.165, 1.54) is 19.2 Å². The van der Waals surface area contributed by atoms with Gasteiger partial charge in [-0.1, -0.05) is 12.1 Å². The molecule has 110 valence electrons. The number of methoxy groups -OCH3 is 1. The summed E-state index contributed by atoms with van der Waals surface area (Å²) in [7, 11) is 1.54. The monoisotopic (exact) mass is 282 g/mol. The van der Waals surface area contributed by atoms with E-state index < -0.39 is 10.9 Å². The van der Waals surface area contributed by atoms with Gasteiger partial charge in [0.2, 0.25) is 0 Å². The van der Waals surface area contributed by atoms with E-state index in [2.05, 4.69) is 0 Å². The summed E-state index contributed by atoms with van der Waals surface area (Å²) >= 11 is 0. The van der Waals surface area contributed by atoms with Gasteiger partial charge in [0.15, 0.2) is 0 Å². The number of carboxylic acid groups (broad SMARTS) is 1. The number of non-ortho nitro benzene ring substituents is 1. The Labute approximate surface area is 116 Å². The van der Waals surface area contributed by atoms with Crippen molar-refractivity contribution < 1.29 is 19.6 Å². The summed E-state index contributed by atoms with van der Waals surface area (Å²) in [5.41, 5.74) is 0.702. The van der Waals surface area contributed by atoms with Gasteiger partial charge in [-0.15, -0.1) is 0 Å². The van der Waals surface area contributed by atoms with Gasteiger partial charge in [-0.3, -0.25) is 19.8 Å². The minimum Gasteiger partial charge on any atom is -0.480 e. The number of rotatable bonds is 8. The first-order chi connectivity index (χ1) is 9.45. The van der Waals surface area contributed by atoms with Gasteiger partial charge in [-0.05, 0) is 12.5 Å². The summed E-state index contributed by atoms with van der Waals surface area (Å²) in [6.45, 7) is 2.50. The van der Waals surface area contributed by atoms with E-state index in [0.29, 0.717) is 18.7 Å². The number of nitro groups is 1. The molecule has 0 spiro atoms. The van der Waals surface area contributed by atoms with Crippen LogP contribution in [0, 0.1) is 10.1 Å². The second-order valence-electron chi connectivity index (χ2n) is 4.39. The van der Waals surface area contributed by atoms with Crippen LogP contribution >= 0.6 is 0 Å². The zero-order chi connectivity index (χ0) is 15.1. The first kappa shape index (κ1) is 16.1. The summed E-state index contributed by atoms with van der Waals surface area (Å²) in [6, 6.07) is 5.97. The van der Waals surface area contributed by atoms with E-state index in [0.717, 1.165) is 0 Å². The van der Waals surface area contributed by atoms with Crippen LogP contribution in [-0.4, -0.2) is 47.7 Å². The van der Waals surface area contributed by atoms with E-state index in [9.17, 15) is 14.9 Å². The number of nitro benzene ring substituents is 1. The summed E-state index contributed by atoms with van der Waals surface area (Å²) < 4.78 is 4.96. The fourth-order valence-electron chi connectivity index (χ4n) is 1.90. The number of aliphatic carboxylic acids is 1. The summed E-state index contributed by atoms with van der Waals surface area (Å²) in [6.07, 6.45) is 0. The van der Waals surface area contributed by atoms with E-state index in [1.807, 2.05) is 6.92 Å². The van der Waals surface area contributed by atoms with E-state index in [1.54, 1.807) is 17.0 Å². The van der Waals surface area contributed by atoms with Crippen LogP contribution in [0.5, 0.6) is 0 Å². The van der Waals surface area contributed by atoms with Crippen molar-refractivity contribution in [1.29, 1.82) is 0 Å². The summed E-state index contributed by atoms with van der Waals surface area (Å²) in [5.74, 6) is -0.946. The molecule has 0 aliphatic rings. The lowest BCUT2D eigenvalue weighted by Gasteiger charge is -2.27. The maximum Gasteiger partial charge on any atom is 0.317 e. The Morgan fingerprint density at radius 1 is 1.55 bits per heavy atom. The zero-order valence-electron chi connectivity index (χ0n) is 11.5. The number of nitrogens with zero attached hydrogens (tertiary/aromatic N) is 2. The van der Waals surface area contributed by atoms with Crippen LogP contribution < -0.4 is 0 Å². The third-order valence-corrected chi connectivity index (χ3v) is 3.03. The van der Waals surface area contributed by atoms with Crippen molar-refractivity contribution in [3.8, 4) is 0 Å². The second kappa shape index (κ2) is 7.56. The largest absolute Gasteiger partial charge is 0.480 e. The Balaban J connectivity index is 2.92. The standard InChI is InChI=1S/C13H18N2O5/c1-10(14(6-7-20-2)9-13(16)17)11-4-3-5-12(8-11)15(18)19/h3-5,8,10H,6-7,9H2,1-2H3,(H,16,17). The quantitative estimate of drug-likeness (QED) is 0.576. The SMILES string of the molecule is COCCN(CC(=O)O)C(C)c1cccc([N+](=O)[O-])c1. The highest BCUT2D eigenvalue weighted by Gasteiger charge is 2.19. The molecule has 0 heterocycles. The maximum absolute atomic E-state index is 10.9. The molecule has 7 heteroatoms. The number of ether oxygens (including phenoxy) is 1. The fourth-order valence-corrected chi connectivity index (χ4v) is 1.90. The Kier molecular flexibility index (Phi) is 6.08. The van der Waals surface area contributed by atoms with E-state index >= 15 is 0 Å². The van der Waals surface area contributed by atoms with Crippen LogP contribution in [0.1, 0.15) is 18.5 Å². The van der Waals surface area contributed by atoms with Crippen LogP contribution in [0.3, 0.4) is 0 Å². The molecule has 0 saturated carbocycles. The number of hydrogen-bond donors (Lipinski definition) is 1. The molecule has 0 fully saturated rings. The Morgan fingerprint density at radius 3 is 2.80 bits per heavy atom. The van der Waals surface area contributed by atoms with Crippen molar-refractivity contribution in [2.24, 2.45) is 0 Å². The molecule has 0 aliphatic heterocycles. The molecule has 1 aromatic carbocycles. The minimum atomic E-state index is -0.946. The Morgan fingerprint density at radius 2 is 2.25 bits per heavy atom. The molecule has 1 aromatic rings. The van der Waals surface area contributed by atoms with Crippen molar-refractivity contribution in [2.45, 2.75) is 13.0 Å². The molecule has 0 amide bonds. The second-order valence-corrected chi connectivity index (χ2v) is 4.39. The van der Waals surface area contributed by atoms with Gasteiger partial charge in [0.1, 0.15) is 0 Å². The van der Waals surface area contributed by atoms with Crippen LogP contribution in [0.25, 0.3) is 0 Å². The van der Waals surface area contributed by atoms with Gasteiger partial charge in [-0.25, -0.2) is 0 Å². The molecule has 0 aromatic heterocycles. The highest BCUT2D eigenvalue weighted by Crippen LogP contribution is 2.23. The van der Waals surface area contributed by atoms with E-state index in [-0.39, 0.29) is 18.3 Å². The lowest BCUT2D eigenvalue weighted by molar-refractivity contribution is -0.384. The van der Waals surface area contributed by atoms with Gasteiger partial charge in [0.25, 0.3) is 5.69 Å². The van der Waals surface area contributed by atoms with Crippen LogP contribution in [0.15, 0.2) is 24.3 Å². The third-order valence-electron chi connectivity index (χ3n) is 3.03. The fraction of sp³-hybridized carbons (Fsp3) is 0.462. The zero-order valence-corrected chi connectivity index (χ0v) is 11.5. The van der Waals surface area contributed by atoms with Gasteiger partial charge in [-0.2, -0.15) is 0 Å². The minimum absolute atomic E-state index is 0.00336. The molecule has 1 N–H and O–H groups in total. The average molecular weight is 282 g/mol. The lowest BCUT2D eigenvalue weighted by Crippen LogP contribution is -2.35. The van der Waals surface area contributed by atoms with Gasteiger partial charge >= 0.3 is 5.97 Å². The van der Waals surface area contributed by atoms with Crippen molar-refractivity contribution in [1.82, 2.24) is 4.90 Å². The summed E-state index contributed by atoms with van der Waals surface area (Å²) in [4.78, 5) is 22.9. The van der Waals surface area contributed by atoms with Crippen molar-refractivity contribution >= 4 is 11.7 Å².